The van der Waals surface area contributed by atoms with Gasteiger partial charge in [-0.05, 0) is 36.4 Å². The zero-order chi connectivity index (χ0) is 20.2. The average molecular weight is 391 g/mol. The maximum Gasteiger partial charge on any atom is 0.320 e. The largest absolute Gasteiger partial charge is 0.457 e. The third kappa shape index (κ3) is 4.37. The third-order valence-electron chi connectivity index (χ3n) is 4.65. The number of aryl methyl sites for hydroxylation is 1. The van der Waals surface area contributed by atoms with Gasteiger partial charge in [-0.15, -0.1) is 0 Å². The number of para-hydroxylation sites is 1. The first-order valence-electron chi connectivity index (χ1n) is 9.27. The highest BCUT2D eigenvalue weighted by molar-refractivity contribution is 5.97. The van der Waals surface area contributed by atoms with E-state index >= 15 is 0 Å². The molecule has 0 aliphatic carbocycles. The molecular weight excluding hydrogens is 370 g/mol. The molecular formula is C21H21N5O3. The van der Waals surface area contributed by atoms with Gasteiger partial charge in [0, 0.05) is 31.8 Å². The predicted molar refractivity (Wildman–Crippen MR) is 109 cm³/mol. The van der Waals surface area contributed by atoms with E-state index in [1.807, 2.05) is 54.6 Å². The summed E-state index contributed by atoms with van der Waals surface area (Å²) >= 11 is 0. The first-order chi connectivity index (χ1) is 14.1. The van der Waals surface area contributed by atoms with Crippen LogP contribution >= 0.6 is 0 Å². The lowest BCUT2D eigenvalue weighted by Crippen LogP contribution is -2.40. The average Bonchev–Trinajstić information content (AvgIpc) is 3.28. The van der Waals surface area contributed by atoms with Gasteiger partial charge in [0.15, 0.2) is 0 Å². The minimum Gasteiger partial charge on any atom is -0.457 e. The van der Waals surface area contributed by atoms with Crippen LogP contribution in [0.2, 0.25) is 0 Å². The Morgan fingerprint density at radius 3 is 2.48 bits per heavy atom. The Labute approximate surface area is 168 Å². The van der Waals surface area contributed by atoms with Gasteiger partial charge in [-0.2, -0.15) is 5.10 Å². The third-order valence-corrected chi connectivity index (χ3v) is 4.65. The van der Waals surface area contributed by atoms with Crippen molar-refractivity contribution in [3.8, 4) is 11.5 Å². The molecule has 8 heteroatoms. The molecule has 1 aliphatic heterocycles. The van der Waals surface area contributed by atoms with Crippen molar-refractivity contribution in [2.24, 2.45) is 7.05 Å². The highest BCUT2D eigenvalue weighted by Gasteiger charge is 2.31. The standard InChI is InChI=1S/C21H21N5O3/c1-25-19(11-12-22-25)24-21(28)23-15-13-20(27)26(14-15)16-7-9-18(10-8-16)29-17-5-3-2-4-6-17/h2-12,15H,13-14H2,1H3,(H2,23,24,28). The Morgan fingerprint density at radius 2 is 1.79 bits per heavy atom. The summed E-state index contributed by atoms with van der Waals surface area (Å²) in [4.78, 5) is 26.3. The van der Waals surface area contributed by atoms with Gasteiger partial charge < -0.3 is 15.0 Å². The highest BCUT2D eigenvalue weighted by atomic mass is 16.5. The zero-order valence-corrected chi connectivity index (χ0v) is 15.9. The van der Waals surface area contributed by atoms with E-state index in [-0.39, 0.29) is 24.4 Å². The lowest BCUT2D eigenvalue weighted by Gasteiger charge is -2.18. The minimum atomic E-state index is -0.361. The van der Waals surface area contributed by atoms with E-state index in [2.05, 4.69) is 15.7 Å². The van der Waals surface area contributed by atoms with Crippen molar-refractivity contribution >= 4 is 23.4 Å². The second-order valence-corrected chi connectivity index (χ2v) is 6.75. The summed E-state index contributed by atoms with van der Waals surface area (Å²) in [6.45, 7) is 0.413. The Bertz CT molecular complexity index is 1000. The van der Waals surface area contributed by atoms with Crippen molar-refractivity contribution in [3.05, 3.63) is 66.9 Å². The van der Waals surface area contributed by atoms with Crippen molar-refractivity contribution < 1.29 is 14.3 Å². The molecule has 8 nitrogen and oxygen atoms in total. The number of benzene rings is 2. The van der Waals surface area contributed by atoms with Crippen molar-refractivity contribution in [2.75, 3.05) is 16.8 Å². The fourth-order valence-corrected chi connectivity index (χ4v) is 3.21. The first kappa shape index (κ1) is 18.5. The molecule has 0 radical (unpaired) electrons. The molecule has 1 aromatic heterocycles. The molecule has 1 fully saturated rings. The summed E-state index contributed by atoms with van der Waals surface area (Å²) in [7, 11) is 1.74. The first-order valence-corrected chi connectivity index (χ1v) is 9.27. The number of hydrogen-bond acceptors (Lipinski definition) is 4. The van der Waals surface area contributed by atoms with Crippen LogP contribution in [0, 0.1) is 0 Å². The monoisotopic (exact) mass is 391 g/mol. The van der Waals surface area contributed by atoms with Gasteiger partial charge in [0.1, 0.15) is 17.3 Å². The van der Waals surface area contributed by atoms with Crippen molar-refractivity contribution in [3.63, 3.8) is 0 Å². The van der Waals surface area contributed by atoms with Crippen LogP contribution in [0.1, 0.15) is 6.42 Å². The maximum absolute atomic E-state index is 12.4. The van der Waals surface area contributed by atoms with Crippen LogP contribution in [0.25, 0.3) is 0 Å². The molecule has 1 saturated heterocycles. The van der Waals surface area contributed by atoms with E-state index in [0.29, 0.717) is 18.1 Å². The molecule has 1 unspecified atom stereocenters. The highest BCUT2D eigenvalue weighted by Crippen LogP contribution is 2.27. The molecule has 2 heterocycles. The van der Waals surface area contributed by atoms with Crippen LogP contribution in [0.5, 0.6) is 11.5 Å². The number of carbonyl (C=O) groups is 2. The summed E-state index contributed by atoms with van der Waals surface area (Å²) in [5.74, 6) is 1.99. The molecule has 4 rings (SSSR count). The topological polar surface area (TPSA) is 88.5 Å². The number of rotatable bonds is 5. The van der Waals surface area contributed by atoms with Crippen LogP contribution in [-0.2, 0) is 11.8 Å². The second-order valence-electron chi connectivity index (χ2n) is 6.75. The number of nitrogens with one attached hydrogen (secondary N) is 2. The number of urea groups is 1. The van der Waals surface area contributed by atoms with Crippen molar-refractivity contribution in [1.29, 1.82) is 0 Å². The van der Waals surface area contributed by atoms with Gasteiger partial charge in [-0.25, -0.2) is 4.79 Å². The second kappa shape index (κ2) is 8.05. The van der Waals surface area contributed by atoms with E-state index in [9.17, 15) is 9.59 Å². The molecule has 1 aliphatic rings. The molecule has 0 bridgehead atoms. The number of aromatic nitrogens is 2. The maximum atomic E-state index is 12.4. The van der Waals surface area contributed by atoms with Crippen LogP contribution in [0.4, 0.5) is 16.3 Å². The minimum absolute atomic E-state index is 0.0347. The zero-order valence-electron chi connectivity index (χ0n) is 15.9. The molecule has 2 aromatic carbocycles. The van der Waals surface area contributed by atoms with Crippen molar-refractivity contribution in [1.82, 2.24) is 15.1 Å². The lowest BCUT2D eigenvalue weighted by atomic mass is 10.2. The molecule has 29 heavy (non-hydrogen) atoms. The number of carbonyl (C=O) groups excluding carboxylic acids is 2. The molecule has 148 valence electrons. The van der Waals surface area contributed by atoms with Gasteiger partial charge in [-0.3, -0.25) is 14.8 Å². The van der Waals surface area contributed by atoms with Gasteiger partial charge >= 0.3 is 6.03 Å². The summed E-state index contributed by atoms with van der Waals surface area (Å²) in [6.07, 6.45) is 1.85. The predicted octanol–water partition coefficient (Wildman–Crippen LogP) is 3.14. The number of anilines is 2. The van der Waals surface area contributed by atoms with E-state index in [1.165, 1.54) is 0 Å². The van der Waals surface area contributed by atoms with Crippen LogP contribution in [0.3, 0.4) is 0 Å². The van der Waals surface area contributed by atoms with Gasteiger partial charge in [-0.1, -0.05) is 18.2 Å². The summed E-state index contributed by atoms with van der Waals surface area (Å²) in [6, 6.07) is 17.9. The molecule has 0 spiro atoms. The SMILES string of the molecule is Cn1nccc1NC(=O)NC1CC(=O)N(c2ccc(Oc3ccccc3)cc2)C1. The Kier molecular flexibility index (Phi) is 5.15. The Morgan fingerprint density at radius 1 is 1.07 bits per heavy atom. The fraction of sp³-hybridized carbons (Fsp3) is 0.190. The Hall–Kier alpha value is -3.81. The van der Waals surface area contributed by atoms with E-state index < -0.39 is 0 Å². The summed E-state index contributed by atoms with van der Waals surface area (Å²) in [5, 5.41) is 9.56. The number of ether oxygens (including phenoxy) is 1. The number of amides is 3. The van der Waals surface area contributed by atoms with Crippen molar-refractivity contribution in [2.45, 2.75) is 12.5 Å². The summed E-state index contributed by atoms with van der Waals surface area (Å²) < 4.78 is 7.34. The van der Waals surface area contributed by atoms with E-state index in [4.69, 9.17) is 4.74 Å². The normalized spacial score (nSPS) is 16.0. The molecule has 1 atom stereocenters. The van der Waals surface area contributed by atoms with Gasteiger partial charge in [0.05, 0.1) is 12.2 Å². The van der Waals surface area contributed by atoms with Crippen LogP contribution in [0.15, 0.2) is 66.9 Å². The molecule has 3 amide bonds. The Balaban J connectivity index is 1.35. The number of hydrogen-bond donors (Lipinski definition) is 2. The quantitative estimate of drug-likeness (QED) is 0.699. The number of nitrogens with zero attached hydrogens (tertiary/aromatic N) is 3. The van der Waals surface area contributed by atoms with E-state index in [1.54, 1.807) is 28.9 Å². The lowest BCUT2D eigenvalue weighted by molar-refractivity contribution is -0.117. The van der Waals surface area contributed by atoms with Gasteiger partial charge in [0.2, 0.25) is 5.91 Å². The molecule has 3 aromatic rings. The van der Waals surface area contributed by atoms with Gasteiger partial charge in [0.25, 0.3) is 0 Å². The smallest absolute Gasteiger partial charge is 0.320 e. The summed E-state index contributed by atoms with van der Waals surface area (Å²) in [5.41, 5.74) is 0.770. The molecule has 2 N–H and O–H groups in total. The van der Waals surface area contributed by atoms with Crippen LogP contribution in [-0.4, -0.2) is 34.3 Å². The van der Waals surface area contributed by atoms with Crippen LogP contribution < -0.4 is 20.3 Å². The molecule has 0 saturated carbocycles. The fourth-order valence-electron chi connectivity index (χ4n) is 3.21. The van der Waals surface area contributed by atoms with E-state index in [0.717, 1.165) is 11.4 Å².